The molecule has 4 aromatic heterocycles. The molecule has 4 aliphatic rings. The summed E-state index contributed by atoms with van der Waals surface area (Å²) in [6, 6.07) is 6.58. The number of para-hydroxylation sites is 1. The van der Waals surface area contributed by atoms with Crippen LogP contribution in [0.2, 0.25) is 0 Å². The standard InChI is InChI=1S/C42H52F2N12O5/c1-51-37-26(5-4-7-31(37)56(42(51)61)32-9-10-35(58)49-41(32)60)23-53-16-11-25(12-17-53)22-52-18-13-27(14-19-52)55-24-30(36(50-55)38(43)44)47-40(59)28-21-45-54-20-15-34(48-39(28)54)46-29-6-2-3-8-33(29)57/h4-5,7,15,20-21,24-25,27,29,32-33,38,57H,2-3,6,8-14,16-19,22-23H2,1H3,(H,46,48)(H,47,59)(H,49,58,60)/t29-,32?,33+/m1/s1. The van der Waals surface area contributed by atoms with E-state index in [4.69, 9.17) is 0 Å². The molecule has 324 valence electrons. The third-order valence-corrected chi connectivity index (χ3v) is 13.1. The van der Waals surface area contributed by atoms with Gasteiger partial charge in [0.15, 0.2) is 11.3 Å². The van der Waals surface area contributed by atoms with Crippen molar-refractivity contribution in [3.05, 3.63) is 70.2 Å². The number of amides is 3. The molecule has 4 N–H and O–H groups in total. The van der Waals surface area contributed by atoms with E-state index in [2.05, 4.69) is 40.9 Å². The van der Waals surface area contributed by atoms with E-state index in [1.165, 1.54) is 21.5 Å². The van der Waals surface area contributed by atoms with E-state index in [9.17, 15) is 33.1 Å². The molecular weight excluding hydrogens is 791 g/mol. The molecule has 5 aromatic rings. The van der Waals surface area contributed by atoms with E-state index < -0.39 is 36.1 Å². The summed E-state index contributed by atoms with van der Waals surface area (Å²) in [7, 11) is 1.73. The third-order valence-electron chi connectivity index (χ3n) is 13.1. The van der Waals surface area contributed by atoms with E-state index in [-0.39, 0.29) is 47.0 Å². The van der Waals surface area contributed by atoms with Crippen molar-refractivity contribution in [2.24, 2.45) is 13.0 Å². The molecule has 1 aliphatic carbocycles. The van der Waals surface area contributed by atoms with Crippen molar-refractivity contribution in [2.45, 2.75) is 101 Å². The number of hydrogen-bond acceptors (Lipinski definition) is 11. The number of anilines is 2. The number of aryl methyl sites for hydroxylation is 1. The molecule has 1 saturated carbocycles. The third kappa shape index (κ3) is 8.29. The first-order chi connectivity index (χ1) is 29.5. The van der Waals surface area contributed by atoms with E-state index >= 15 is 0 Å². The minimum atomic E-state index is -2.89. The van der Waals surface area contributed by atoms with Gasteiger partial charge in [-0.25, -0.2) is 23.1 Å². The second kappa shape index (κ2) is 17.1. The number of likely N-dealkylation sites (tertiary alicyclic amines) is 2. The normalized spacial score (nSPS) is 22.7. The number of imidazole rings is 1. The molecule has 0 spiro atoms. The zero-order chi connectivity index (χ0) is 42.4. The summed E-state index contributed by atoms with van der Waals surface area (Å²) in [6.45, 7) is 5.05. The molecule has 9 rings (SSSR count). The Labute approximate surface area is 350 Å². The fraction of sp³-hybridized carbons (Fsp3) is 0.548. The highest BCUT2D eigenvalue weighted by atomic mass is 19.3. The molecule has 1 aromatic carbocycles. The largest absolute Gasteiger partial charge is 0.391 e. The summed E-state index contributed by atoms with van der Waals surface area (Å²) >= 11 is 0. The molecule has 17 nitrogen and oxygen atoms in total. The van der Waals surface area contributed by atoms with Gasteiger partial charge in [0.05, 0.1) is 41.1 Å². The quantitative estimate of drug-likeness (QED) is 0.141. The van der Waals surface area contributed by atoms with E-state index in [1.807, 2.05) is 18.2 Å². The maximum atomic E-state index is 14.3. The van der Waals surface area contributed by atoms with Crippen LogP contribution in [-0.2, 0) is 23.2 Å². The monoisotopic (exact) mass is 842 g/mol. The van der Waals surface area contributed by atoms with Crippen molar-refractivity contribution < 1.29 is 28.3 Å². The number of hydrogen-bond donors (Lipinski definition) is 4. The highest BCUT2D eigenvalue weighted by molar-refractivity contribution is 6.08. The van der Waals surface area contributed by atoms with Gasteiger partial charge in [-0.15, -0.1) is 0 Å². The maximum absolute atomic E-state index is 14.3. The highest BCUT2D eigenvalue weighted by Crippen LogP contribution is 2.32. The highest BCUT2D eigenvalue weighted by Gasteiger charge is 2.33. The van der Waals surface area contributed by atoms with Gasteiger partial charge in [0.1, 0.15) is 17.4 Å². The van der Waals surface area contributed by atoms with Crippen LogP contribution in [-0.4, -0.2) is 111 Å². The molecule has 3 aliphatic heterocycles. The average Bonchev–Trinajstić information content (AvgIpc) is 3.94. The minimum Gasteiger partial charge on any atom is -0.391 e. The summed E-state index contributed by atoms with van der Waals surface area (Å²) in [6.07, 6.45) is 8.65. The van der Waals surface area contributed by atoms with Crippen LogP contribution in [0.15, 0.2) is 47.7 Å². The van der Waals surface area contributed by atoms with Gasteiger partial charge in [-0.05, 0) is 81.6 Å². The lowest BCUT2D eigenvalue weighted by atomic mass is 9.93. The number of aliphatic hydroxyl groups excluding tert-OH is 1. The number of aromatic nitrogens is 7. The summed E-state index contributed by atoms with van der Waals surface area (Å²) in [5.41, 5.74) is 2.12. The van der Waals surface area contributed by atoms with Gasteiger partial charge in [0.25, 0.3) is 12.3 Å². The SMILES string of the molecule is Cn1c(=O)n(C2CCC(=O)NC2=O)c2cccc(CN3CCC(CN4CCC(n5cc(NC(=O)c6cnn7ccc(N[C@@H]8CCCC[C@@H]8O)nc67)c(C(F)F)n5)CC4)CC3)c21. The molecule has 3 saturated heterocycles. The van der Waals surface area contributed by atoms with E-state index in [0.29, 0.717) is 36.6 Å². The number of halogens is 2. The van der Waals surface area contributed by atoms with Gasteiger partial charge < -0.3 is 20.6 Å². The summed E-state index contributed by atoms with van der Waals surface area (Å²) in [4.78, 5) is 60.8. The Morgan fingerprint density at radius 3 is 2.51 bits per heavy atom. The molecule has 7 heterocycles. The van der Waals surface area contributed by atoms with Crippen LogP contribution in [0.5, 0.6) is 0 Å². The Morgan fingerprint density at radius 2 is 1.75 bits per heavy atom. The van der Waals surface area contributed by atoms with Gasteiger partial charge >= 0.3 is 5.69 Å². The first-order valence-electron chi connectivity index (χ1n) is 21.5. The molecular formula is C42H52F2N12O5. The van der Waals surface area contributed by atoms with Crippen LogP contribution < -0.4 is 21.6 Å². The number of rotatable bonds is 11. The second-order valence-corrected chi connectivity index (χ2v) is 17.1. The van der Waals surface area contributed by atoms with Crippen LogP contribution in [0.4, 0.5) is 20.3 Å². The molecule has 19 heteroatoms. The van der Waals surface area contributed by atoms with Crippen molar-refractivity contribution in [3.8, 4) is 0 Å². The maximum Gasteiger partial charge on any atom is 0.329 e. The predicted octanol–water partition coefficient (Wildman–Crippen LogP) is 4.01. The van der Waals surface area contributed by atoms with Crippen molar-refractivity contribution in [3.63, 3.8) is 0 Å². The lowest BCUT2D eigenvalue weighted by molar-refractivity contribution is -0.135. The van der Waals surface area contributed by atoms with Gasteiger partial charge in [-0.3, -0.25) is 38.4 Å². The summed E-state index contributed by atoms with van der Waals surface area (Å²) < 4.78 is 34.8. The average molecular weight is 843 g/mol. The molecule has 61 heavy (non-hydrogen) atoms. The Balaban J connectivity index is 0.784. The van der Waals surface area contributed by atoms with Crippen molar-refractivity contribution in [2.75, 3.05) is 43.4 Å². The minimum absolute atomic E-state index is 0.0431. The molecule has 1 unspecified atom stereocenters. The topological polar surface area (TPSA) is 189 Å². The number of nitrogens with zero attached hydrogens (tertiary/aromatic N) is 9. The van der Waals surface area contributed by atoms with Crippen LogP contribution >= 0.6 is 0 Å². The number of imide groups is 1. The number of piperidine rings is 3. The van der Waals surface area contributed by atoms with Crippen molar-refractivity contribution in [1.29, 1.82) is 0 Å². The van der Waals surface area contributed by atoms with E-state index in [0.717, 1.165) is 88.7 Å². The first kappa shape index (κ1) is 40.9. The fourth-order valence-corrected chi connectivity index (χ4v) is 9.80. The van der Waals surface area contributed by atoms with Crippen LogP contribution in [0.1, 0.15) is 104 Å². The fourth-order valence-electron chi connectivity index (χ4n) is 9.80. The number of aliphatic hydroxyl groups is 1. The van der Waals surface area contributed by atoms with Crippen molar-refractivity contribution >= 4 is 45.9 Å². The van der Waals surface area contributed by atoms with Crippen molar-refractivity contribution in [1.82, 2.24) is 48.6 Å². The molecule has 4 fully saturated rings. The second-order valence-electron chi connectivity index (χ2n) is 17.1. The first-order valence-corrected chi connectivity index (χ1v) is 21.5. The Morgan fingerprint density at radius 1 is 0.984 bits per heavy atom. The van der Waals surface area contributed by atoms with Crippen LogP contribution in [0.25, 0.3) is 16.7 Å². The zero-order valence-electron chi connectivity index (χ0n) is 34.2. The molecule has 0 radical (unpaired) electrons. The number of fused-ring (bicyclic) bond motifs is 2. The summed E-state index contributed by atoms with van der Waals surface area (Å²) in [5, 5.41) is 27.2. The Kier molecular flexibility index (Phi) is 11.4. The smallest absolute Gasteiger partial charge is 0.329 e. The lowest BCUT2D eigenvalue weighted by Gasteiger charge is -2.37. The van der Waals surface area contributed by atoms with Gasteiger partial charge in [-0.2, -0.15) is 10.2 Å². The molecule has 3 amide bonds. The number of benzene rings is 1. The number of carbonyl (C=O) groups is 3. The predicted molar refractivity (Wildman–Crippen MR) is 221 cm³/mol. The van der Waals surface area contributed by atoms with E-state index in [1.54, 1.807) is 28.6 Å². The molecule has 3 atom stereocenters. The summed E-state index contributed by atoms with van der Waals surface area (Å²) in [5.74, 6) is -0.377. The lowest BCUT2D eigenvalue weighted by Crippen LogP contribution is -2.44. The molecule has 0 bridgehead atoms. The Hall–Kier alpha value is -5.53. The zero-order valence-corrected chi connectivity index (χ0v) is 34.2. The number of nitrogens with one attached hydrogen (secondary N) is 3. The van der Waals surface area contributed by atoms with Gasteiger partial charge in [0.2, 0.25) is 11.8 Å². The van der Waals surface area contributed by atoms with Gasteiger partial charge in [-0.1, -0.05) is 25.0 Å². The van der Waals surface area contributed by atoms with Gasteiger partial charge in [0, 0.05) is 52.0 Å². The Bertz CT molecular complexity index is 2500. The number of alkyl halides is 2. The van der Waals surface area contributed by atoms with Crippen LogP contribution in [0.3, 0.4) is 0 Å². The van der Waals surface area contributed by atoms with Crippen LogP contribution in [0, 0.1) is 5.92 Å². The number of carbonyl (C=O) groups excluding carboxylic acids is 3.